The largest absolute Gasteiger partial charge is 0.542 e. The molecule has 0 atom stereocenters. The number of ether oxygens (including phenoxy) is 2. The summed E-state index contributed by atoms with van der Waals surface area (Å²) in [6.07, 6.45) is 0. The average molecular weight is 310 g/mol. The van der Waals surface area contributed by atoms with Gasteiger partial charge < -0.3 is 13.9 Å². The number of hydrogen-bond donors (Lipinski definition) is 0. The molecule has 4 heteroatoms. The molecule has 1 rings (SSSR count). The third-order valence-electron chi connectivity index (χ3n) is 4.08. The van der Waals surface area contributed by atoms with Crippen molar-refractivity contribution in [3.05, 3.63) is 24.3 Å². The minimum Gasteiger partial charge on any atom is -0.542 e. The minimum atomic E-state index is -1.94. The van der Waals surface area contributed by atoms with Gasteiger partial charge in [0.2, 0.25) is 0 Å². The van der Waals surface area contributed by atoms with Crippen LogP contribution < -0.4 is 9.16 Å². The van der Waals surface area contributed by atoms with E-state index in [1.54, 1.807) is 7.11 Å². The van der Waals surface area contributed by atoms with E-state index in [0.717, 1.165) is 11.5 Å². The number of benzene rings is 1. The van der Waals surface area contributed by atoms with Crippen LogP contribution in [0.2, 0.25) is 16.6 Å². The standard InChI is InChI=1S/C17H29O3Si/c1-13(2)21(14(3)4,15(5)6)20-17-10-8-9-16(11-17)19-12-18-7/h8-9,11,13-15H,12H2,1-7H3. The summed E-state index contributed by atoms with van der Waals surface area (Å²) < 4.78 is 17.0. The molecule has 1 aromatic rings. The first-order chi connectivity index (χ1) is 9.84. The molecule has 1 radical (unpaired) electrons. The molecule has 0 amide bonds. The first-order valence-corrected chi connectivity index (χ1v) is 9.81. The first-order valence-electron chi connectivity index (χ1n) is 7.67. The topological polar surface area (TPSA) is 27.7 Å². The Kier molecular flexibility index (Phi) is 6.75. The lowest BCUT2D eigenvalue weighted by Crippen LogP contribution is -2.50. The fourth-order valence-electron chi connectivity index (χ4n) is 3.24. The molecule has 0 heterocycles. The molecule has 0 unspecified atom stereocenters. The van der Waals surface area contributed by atoms with E-state index < -0.39 is 8.32 Å². The monoisotopic (exact) mass is 309 g/mol. The van der Waals surface area contributed by atoms with Crippen LogP contribution in [-0.4, -0.2) is 22.2 Å². The van der Waals surface area contributed by atoms with Crippen molar-refractivity contribution in [1.29, 1.82) is 0 Å². The van der Waals surface area contributed by atoms with Crippen molar-refractivity contribution in [3.63, 3.8) is 0 Å². The van der Waals surface area contributed by atoms with E-state index in [2.05, 4.69) is 47.6 Å². The van der Waals surface area contributed by atoms with Gasteiger partial charge in [0.25, 0.3) is 8.32 Å². The van der Waals surface area contributed by atoms with Crippen molar-refractivity contribution in [2.75, 3.05) is 13.9 Å². The van der Waals surface area contributed by atoms with Crippen molar-refractivity contribution in [2.24, 2.45) is 0 Å². The molecule has 0 fully saturated rings. The predicted molar refractivity (Wildman–Crippen MR) is 89.5 cm³/mol. The Hall–Kier alpha value is -1.00. The lowest BCUT2D eigenvalue weighted by Gasteiger charge is -2.42. The molecule has 0 aliphatic heterocycles. The molecule has 1 aromatic carbocycles. The van der Waals surface area contributed by atoms with E-state index in [0.29, 0.717) is 16.6 Å². The van der Waals surface area contributed by atoms with Gasteiger partial charge in [0.15, 0.2) is 6.79 Å². The van der Waals surface area contributed by atoms with Gasteiger partial charge in [-0.25, -0.2) is 0 Å². The van der Waals surface area contributed by atoms with Crippen LogP contribution in [-0.2, 0) is 4.74 Å². The molecule has 0 spiro atoms. The fraction of sp³-hybridized carbons (Fsp3) is 0.647. The normalized spacial score (nSPS) is 12.3. The number of methoxy groups -OCH3 is 1. The van der Waals surface area contributed by atoms with Crippen molar-refractivity contribution in [3.8, 4) is 11.5 Å². The van der Waals surface area contributed by atoms with E-state index in [1.165, 1.54) is 0 Å². The van der Waals surface area contributed by atoms with E-state index in [-0.39, 0.29) is 6.79 Å². The Balaban J connectivity index is 3.04. The zero-order valence-corrected chi connectivity index (χ0v) is 15.4. The van der Waals surface area contributed by atoms with Crippen LogP contribution >= 0.6 is 0 Å². The predicted octanol–water partition coefficient (Wildman–Crippen LogP) is 5.02. The van der Waals surface area contributed by atoms with Crippen molar-refractivity contribution in [1.82, 2.24) is 0 Å². The van der Waals surface area contributed by atoms with Crippen LogP contribution in [0.25, 0.3) is 0 Å². The second-order valence-corrected chi connectivity index (χ2v) is 11.7. The third kappa shape index (κ3) is 4.24. The molecule has 0 saturated carbocycles. The summed E-state index contributed by atoms with van der Waals surface area (Å²) in [5.41, 5.74) is 1.61. The van der Waals surface area contributed by atoms with E-state index >= 15 is 0 Å². The zero-order valence-electron chi connectivity index (χ0n) is 14.4. The van der Waals surface area contributed by atoms with Crippen LogP contribution in [0.5, 0.6) is 11.5 Å². The van der Waals surface area contributed by atoms with Gasteiger partial charge in [-0.05, 0) is 28.8 Å². The second kappa shape index (κ2) is 7.85. The van der Waals surface area contributed by atoms with Gasteiger partial charge in [0, 0.05) is 19.2 Å². The van der Waals surface area contributed by atoms with Gasteiger partial charge in [-0.15, -0.1) is 0 Å². The molecule has 0 bridgehead atoms. The van der Waals surface area contributed by atoms with Crippen LogP contribution in [0, 0.1) is 6.07 Å². The second-order valence-electron chi connectivity index (χ2n) is 6.36. The molecule has 0 aliphatic carbocycles. The SMILES string of the molecule is COCOc1cc[c]c(O[Si](C(C)C)(C(C)C)C(C)C)c1. The summed E-state index contributed by atoms with van der Waals surface area (Å²) in [5.74, 6) is 1.54. The Morgan fingerprint density at radius 1 is 1.05 bits per heavy atom. The maximum absolute atomic E-state index is 6.57. The van der Waals surface area contributed by atoms with Gasteiger partial charge in [0.05, 0.1) is 0 Å². The van der Waals surface area contributed by atoms with E-state index in [9.17, 15) is 0 Å². The highest BCUT2D eigenvalue weighted by molar-refractivity contribution is 6.78. The third-order valence-corrected chi connectivity index (χ3v) is 10.1. The molecule has 21 heavy (non-hydrogen) atoms. The molecular formula is C17H29O3Si. The number of rotatable bonds is 8. The van der Waals surface area contributed by atoms with Crippen LogP contribution in [0.4, 0.5) is 0 Å². The Labute approximate surface area is 130 Å². The molecule has 0 aliphatic rings. The molecular weight excluding hydrogens is 280 g/mol. The smallest absolute Gasteiger partial charge is 0.258 e. The van der Waals surface area contributed by atoms with E-state index in [4.69, 9.17) is 13.9 Å². The summed E-state index contributed by atoms with van der Waals surface area (Å²) in [6, 6.07) is 8.83. The molecule has 0 aromatic heterocycles. The molecule has 0 saturated heterocycles. The minimum absolute atomic E-state index is 0.241. The zero-order chi connectivity index (χ0) is 16.0. The van der Waals surface area contributed by atoms with Gasteiger partial charge in [0.1, 0.15) is 11.5 Å². The van der Waals surface area contributed by atoms with Gasteiger partial charge >= 0.3 is 0 Å². The highest BCUT2D eigenvalue weighted by Crippen LogP contribution is 2.42. The van der Waals surface area contributed by atoms with Crippen molar-refractivity contribution in [2.45, 2.75) is 58.2 Å². The summed E-state index contributed by atoms with van der Waals surface area (Å²) in [5, 5.41) is 0. The maximum atomic E-state index is 6.57. The summed E-state index contributed by atoms with van der Waals surface area (Å²) in [6.45, 7) is 13.9. The number of hydrogen-bond acceptors (Lipinski definition) is 3. The summed E-state index contributed by atoms with van der Waals surface area (Å²) in [7, 11) is -0.329. The quantitative estimate of drug-likeness (QED) is 0.498. The fourth-order valence-corrected chi connectivity index (χ4v) is 8.45. The highest BCUT2D eigenvalue weighted by Gasteiger charge is 2.47. The average Bonchev–Trinajstić information content (AvgIpc) is 2.41. The van der Waals surface area contributed by atoms with Crippen LogP contribution in [0.1, 0.15) is 41.5 Å². The lowest BCUT2D eigenvalue weighted by molar-refractivity contribution is 0.0510. The summed E-state index contributed by atoms with van der Waals surface area (Å²) >= 11 is 0. The summed E-state index contributed by atoms with van der Waals surface area (Å²) in [4.78, 5) is 0. The van der Waals surface area contributed by atoms with Gasteiger partial charge in [-0.3, -0.25) is 0 Å². The Bertz CT molecular complexity index is 408. The van der Waals surface area contributed by atoms with Gasteiger partial charge in [-0.2, -0.15) is 0 Å². The van der Waals surface area contributed by atoms with Crippen LogP contribution in [0.15, 0.2) is 18.2 Å². The lowest BCUT2D eigenvalue weighted by atomic mass is 10.3. The Morgan fingerprint density at radius 2 is 1.62 bits per heavy atom. The van der Waals surface area contributed by atoms with E-state index in [1.807, 2.05) is 18.2 Å². The maximum Gasteiger partial charge on any atom is 0.258 e. The first kappa shape index (κ1) is 18.0. The molecule has 3 nitrogen and oxygen atoms in total. The van der Waals surface area contributed by atoms with Crippen molar-refractivity contribution < 1.29 is 13.9 Å². The van der Waals surface area contributed by atoms with Gasteiger partial charge in [-0.1, -0.05) is 41.5 Å². The molecule has 119 valence electrons. The van der Waals surface area contributed by atoms with Crippen molar-refractivity contribution >= 4 is 8.32 Å². The molecule has 0 N–H and O–H groups in total. The Morgan fingerprint density at radius 3 is 2.10 bits per heavy atom. The van der Waals surface area contributed by atoms with Crippen LogP contribution in [0.3, 0.4) is 0 Å². The highest BCUT2D eigenvalue weighted by atomic mass is 28.4.